The molecule has 0 saturated carbocycles. The first-order valence-corrected chi connectivity index (χ1v) is 8.91. The number of nitrogens with one attached hydrogen (secondary N) is 2. The molecule has 0 saturated heterocycles. The SMILES string of the molecule is Cc1cc(NC(=O)C2CC(=O)Nc3ccccc32)n(-c2ccc(Cl)cc2)n1. The first kappa shape index (κ1) is 17.3. The third kappa shape index (κ3) is 3.44. The van der Waals surface area contributed by atoms with Gasteiger partial charge < -0.3 is 10.6 Å². The molecule has 1 atom stereocenters. The van der Waals surface area contributed by atoms with E-state index in [-0.39, 0.29) is 18.2 Å². The number of carbonyl (C=O) groups is 2. The first-order valence-electron chi connectivity index (χ1n) is 8.53. The summed E-state index contributed by atoms with van der Waals surface area (Å²) in [5.74, 6) is -0.421. The Morgan fingerprint density at radius 1 is 1.22 bits per heavy atom. The minimum atomic E-state index is -0.552. The van der Waals surface area contributed by atoms with E-state index in [1.807, 2.05) is 37.3 Å². The molecule has 3 aromatic rings. The van der Waals surface area contributed by atoms with Gasteiger partial charge in [0.25, 0.3) is 0 Å². The normalized spacial score (nSPS) is 15.8. The number of rotatable bonds is 3. The van der Waals surface area contributed by atoms with Gasteiger partial charge in [0.1, 0.15) is 5.82 Å². The summed E-state index contributed by atoms with van der Waals surface area (Å²) in [7, 11) is 0. The molecule has 0 spiro atoms. The Bertz CT molecular complexity index is 1030. The van der Waals surface area contributed by atoms with Crippen molar-refractivity contribution in [1.29, 1.82) is 0 Å². The molecule has 1 unspecified atom stereocenters. The van der Waals surface area contributed by atoms with Gasteiger partial charge in [-0.1, -0.05) is 29.8 Å². The molecule has 1 aromatic heterocycles. The summed E-state index contributed by atoms with van der Waals surface area (Å²) in [6, 6.07) is 16.3. The van der Waals surface area contributed by atoms with E-state index in [2.05, 4.69) is 15.7 Å². The van der Waals surface area contributed by atoms with Crippen LogP contribution in [-0.2, 0) is 9.59 Å². The van der Waals surface area contributed by atoms with Gasteiger partial charge in [0.05, 0.1) is 17.3 Å². The zero-order valence-electron chi connectivity index (χ0n) is 14.6. The van der Waals surface area contributed by atoms with Gasteiger partial charge >= 0.3 is 0 Å². The van der Waals surface area contributed by atoms with E-state index in [1.165, 1.54) is 0 Å². The predicted octanol–water partition coefficient (Wildman–Crippen LogP) is 3.90. The highest BCUT2D eigenvalue weighted by molar-refractivity contribution is 6.30. The van der Waals surface area contributed by atoms with Crippen molar-refractivity contribution in [3.05, 3.63) is 70.9 Å². The Kier molecular flexibility index (Phi) is 4.41. The first-order chi connectivity index (χ1) is 13.0. The summed E-state index contributed by atoms with van der Waals surface area (Å²) < 4.78 is 1.65. The molecule has 1 aliphatic rings. The second-order valence-electron chi connectivity index (χ2n) is 6.44. The van der Waals surface area contributed by atoms with Gasteiger partial charge in [0, 0.05) is 23.2 Å². The molecular formula is C20H17ClN4O2. The standard InChI is InChI=1S/C20H17ClN4O2/c1-12-10-18(25(24-12)14-8-6-13(21)7-9-14)23-20(27)16-11-19(26)22-17-5-3-2-4-15(16)17/h2-10,16H,11H2,1H3,(H,22,26)(H,23,27). The lowest BCUT2D eigenvalue weighted by Gasteiger charge is -2.24. The molecule has 2 aromatic carbocycles. The average molecular weight is 381 g/mol. The second-order valence-corrected chi connectivity index (χ2v) is 6.88. The fourth-order valence-electron chi connectivity index (χ4n) is 3.23. The zero-order chi connectivity index (χ0) is 19.0. The number of para-hydroxylation sites is 1. The van der Waals surface area contributed by atoms with E-state index in [0.717, 1.165) is 16.9 Å². The lowest BCUT2D eigenvalue weighted by molar-refractivity contribution is -0.123. The number of fused-ring (bicyclic) bond motifs is 1. The van der Waals surface area contributed by atoms with Crippen molar-refractivity contribution in [1.82, 2.24) is 9.78 Å². The molecule has 27 heavy (non-hydrogen) atoms. The third-order valence-corrected chi connectivity index (χ3v) is 4.72. The number of nitrogens with zero attached hydrogens (tertiary/aromatic N) is 2. The largest absolute Gasteiger partial charge is 0.326 e. The Hall–Kier alpha value is -3.12. The van der Waals surface area contributed by atoms with E-state index in [1.54, 1.807) is 28.9 Å². The number of amides is 2. The number of hydrogen-bond donors (Lipinski definition) is 2. The third-order valence-electron chi connectivity index (χ3n) is 4.47. The van der Waals surface area contributed by atoms with Crippen LogP contribution in [0.4, 0.5) is 11.5 Å². The highest BCUT2D eigenvalue weighted by Gasteiger charge is 2.31. The van der Waals surface area contributed by atoms with Crippen LogP contribution in [0.2, 0.25) is 5.02 Å². The minimum Gasteiger partial charge on any atom is -0.326 e. The number of carbonyl (C=O) groups excluding carboxylic acids is 2. The smallest absolute Gasteiger partial charge is 0.233 e. The van der Waals surface area contributed by atoms with Gasteiger partial charge in [-0.25, -0.2) is 4.68 Å². The maximum absolute atomic E-state index is 13.0. The molecule has 0 bridgehead atoms. The van der Waals surface area contributed by atoms with Crippen LogP contribution in [0.3, 0.4) is 0 Å². The zero-order valence-corrected chi connectivity index (χ0v) is 15.3. The van der Waals surface area contributed by atoms with Gasteiger partial charge in [0.2, 0.25) is 11.8 Å². The Balaban J connectivity index is 1.65. The molecule has 7 heteroatoms. The van der Waals surface area contributed by atoms with Crippen LogP contribution < -0.4 is 10.6 Å². The molecule has 136 valence electrons. The van der Waals surface area contributed by atoms with Crippen molar-refractivity contribution in [3.63, 3.8) is 0 Å². The monoisotopic (exact) mass is 380 g/mol. The average Bonchev–Trinajstić information content (AvgIpc) is 3.01. The van der Waals surface area contributed by atoms with E-state index in [0.29, 0.717) is 16.5 Å². The summed E-state index contributed by atoms with van der Waals surface area (Å²) in [4.78, 5) is 25.0. The van der Waals surface area contributed by atoms with Crippen molar-refractivity contribution >= 4 is 34.9 Å². The lowest BCUT2D eigenvalue weighted by Crippen LogP contribution is -2.31. The van der Waals surface area contributed by atoms with Crippen LogP contribution in [0.5, 0.6) is 0 Å². The highest BCUT2D eigenvalue weighted by atomic mass is 35.5. The van der Waals surface area contributed by atoms with Gasteiger partial charge in [0.15, 0.2) is 0 Å². The van der Waals surface area contributed by atoms with Crippen molar-refractivity contribution < 1.29 is 9.59 Å². The van der Waals surface area contributed by atoms with E-state index in [9.17, 15) is 9.59 Å². The van der Waals surface area contributed by atoms with E-state index < -0.39 is 5.92 Å². The van der Waals surface area contributed by atoms with Crippen molar-refractivity contribution in [2.24, 2.45) is 0 Å². The summed E-state index contributed by atoms with van der Waals surface area (Å²) >= 11 is 5.95. The summed E-state index contributed by atoms with van der Waals surface area (Å²) in [6.45, 7) is 1.85. The van der Waals surface area contributed by atoms with Crippen molar-refractivity contribution in [3.8, 4) is 5.69 Å². The summed E-state index contributed by atoms with van der Waals surface area (Å²) in [5, 5.41) is 10.8. The Morgan fingerprint density at radius 3 is 2.74 bits per heavy atom. The Labute approximate surface area is 161 Å². The van der Waals surface area contributed by atoms with Crippen molar-refractivity contribution in [2.75, 3.05) is 10.6 Å². The highest BCUT2D eigenvalue weighted by Crippen LogP contribution is 2.33. The molecule has 6 nitrogen and oxygen atoms in total. The Morgan fingerprint density at radius 2 is 1.96 bits per heavy atom. The van der Waals surface area contributed by atoms with Gasteiger partial charge in [-0.15, -0.1) is 0 Å². The van der Waals surface area contributed by atoms with Crippen LogP contribution >= 0.6 is 11.6 Å². The molecule has 1 aliphatic heterocycles. The second kappa shape index (κ2) is 6.89. The van der Waals surface area contributed by atoms with Gasteiger partial charge in [-0.05, 0) is 42.8 Å². The van der Waals surface area contributed by atoms with Crippen LogP contribution in [0.1, 0.15) is 23.6 Å². The molecule has 0 radical (unpaired) electrons. The maximum atomic E-state index is 13.0. The van der Waals surface area contributed by atoms with Crippen LogP contribution in [0.15, 0.2) is 54.6 Å². The minimum absolute atomic E-state index is 0.108. The topological polar surface area (TPSA) is 76.0 Å². The summed E-state index contributed by atoms with van der Waals surface area (Å²) in [6.07, 6.45) is 0.108. The van der Waals surface area contributed by atoms with Gasteiger partial charge in [-0.3, -0.25) is 9.59 Å². The number of halogens is 1. The number of hydrogen-bond acceptors (Lipinski definition) is 3. The quantitative estimate of drug-likeness (QED) is 0.723. The number of anilines is 2. The van der Waals surface area contributed by atoms with Crippen LogP contribution in [0, 0.1) is 6.92 Å². The maximum Gasteiger partial charge on any atom is 0.233 e. The van der Waals surface area contributed by atoms with E-state index >= 15 is 0 Å². The van der Waals surface area contributed by atoms with Gasteiger partial charge in [-0.2, -0.15) is 5.10 Å². The van der Waals surface area contributed by atoms with Crippen molar-refractivity contribution in [2.45, 2.75) is 19.3 Å². The number of aryl methyl sites for hydroxylation is 1. The molecule has 4 rings (SSSR count). The fourth-order valence-corrected chi connectivity index (χ4v) is 3.35. The summed E-state index contributed by atoms with van der Waals surface area (Å²) in [5.41, 5.74) is 3.03. The van der Waals surface area contributed by atoms with Crippen LogP contribution in [-0.4, -0.2) is 21.6 Å². The van der Waals surface area contributed by atoms with E-state index in [4.69, 9.17) is 11.6 Å². The predicted molar refractivity (Wildman–Crippen MR) is 104 cm³/mol. The molecule has 2 N–H and O–H groups in total. The lowest BCUT2D eigenvalue weighted by atomic mass is 9.90. The molecule has 0 fully saturated rings. The molecule has 0 aliphatic carbocycles. The number of benzene rings is 2. The number of aromatic nitrogens is 2. The molecule has 2 heterocycles. The molecular weight excluding hydrogens is 364 g/mol. The fraction of sp³-hybridized carbons (Fsp3) is 0.150. The van der Waals surface area contributed by atoms with Crippen LogP contribution in [0.25, 0.3) is 5.69 Å². The molecule has 2 amide bonds.